The zero-order valence-electron chi connectivity index (χ0n) is 14.0. The number of aromatic nitrogens is 2. The number of rotatable bonds is 4. The number of fused-ring (bicyclic) bond motifs is 1. The summed E-state index contributed by atoms with van der Waals surface area (Å²) in [6, 6.07) is 9.81. The number of carbonyl (C=O) groups excluding carboxylic acids is 2. The van der Waals surface area contributed by atoms with Gasteiger partial charge in [0.15, 0.2) is 0 Å². The zero-order valence-corrected chi connectivity index (χ0v) is 17.1. The molecule has 0 radical (unpaired) electrons. The summed E-state index contributed by atoms with van der Waals surface area (Å²) in [5.74, 6) is -2.06. The third kappa shape index (κ3) is 3.93. The Kier molecular flexibility index (Phi) is 5.43. The molecule has 0 spiro atoms. The molecule has 0 atom stereocenters. The van der Waals surface area contributed by atoms with Gasteiger partial charge in [-0.2, -0.15) is 5.10 Å². The van der Waals surface area contributed by atoms with Crippen LogP contribution in [0.25, 0.3) is 10.8 Å². The summed E-state index contributed by atoms with van der Waals surface area (Å²) < 4.78 is 2.15. The Hall–Kier alpha value is -2.52. The van der Waals surface area contributed by atoms with Gasteiger partial charge in [-0.25, -0.2) is 4.68 Å². The smallest absolute Gasteiger partial charge is 0.275 e. The maximum absolute atomic E-state index is 12.6. The standard InChI is InChI=1S/C18H13Br2N3O4/c1-9-6-12(19)16(13(20)7-9)21-14(24)8-23-17(25)11-5-3-2-4-10(11)15(22-23)18(26)27/h2-7H,8H2,1H3,(H,21,24)(H,26,27)/p-1. The van der Waals surface area contributed by atoms with E-state index < -0.39 is 29.7 Å². The lowest BCUT2D eigenvalue weighted by atomic mass is 10.1. The van der Waals surface area contributed by atoms with Crippen molar-refractivity contribution in [2.45, 2.75) is 13.5 Å². The molecule has 138 valence electrons. The van der Waals surface area contributed by atoms with Gasteiger partial charge in [-0.1, -0.05) is 18.2 Å². The van der Waals surface area contributed by atoms with Crippen molar-refractivity contribution in [3.05, 3.63) is 67.0 Å². The monoisotopic (exact) mass is 492 g/mol. The van der Waals surface area contributed by atoms with Crippen molar-refractivity contribution in [1.82, 2.24) is 9.78 Å². The quantitative estimate of drug-likeness (QED) is 0.600. The molecule has 0 saturated heterocycles. The first-order valence-corrected chi connectivity index (χ1v) is 9.33. The molecule has 1 amide bonds. The van der Waals surface area contributed by atoms with Crippen LogP contribution in [0.2, 0.25) is 0 Å². The largest absolute Gasteiger partial charge is 0.543 e. The SMILES string of the molecule is Cc1cc(Br)c(NC(=O)Cn2nc(C(=O)[O-])c3ccccc3c2=O)c(Br)c1. The fourth-order valence-electron chi connectivity index (χ4n) is 2.63. The minimum absolute atomic E-state index is 0.150. The highest BCUT2D eigenvalue weighted by Crippen LogP contribution is 2.32. The number of hydrogen-bond acceptors (Lipinski definition) is 5. The van der Waals surface area contributed by atoms with Gasteiger partial charge in [0.25, 0.3) is 5.56 Å². The van der Waals surface area contributed by atoms with E-state index in [1.165, 1.54) is 12.1 Å². The van der Waals surface area contributed by atoms with Crippen LogP contribution in [0.5, 0.6) is 0 Å². The minimum atomic E-state index is -1.52. The van der Waals surface area contributed by atoms with E-state index in [4.69, 9.17) is 0 Å². The molecule has 0 saturated carbocycles. The summed E-state index contributed by atoms with van der Waals surface area (Å²) in [4.78, 5) is 36.4. The maximum Gasteiger partial charge on any atom is 0.275 e. The van der Waals surface area contributed by atoms with E-state index in [9.17, 15) is 19.5 Å². The number of anilines is 1. The summed E-state index contributed by atoms with van der Waals surface area (Å²) >= 11 is 6.75. The molecule has 1 N–H and O–H groups in total. The number of aryl methyl sites for hydroxylation is 1. The van der Waals surface area contributed by atoms with Crippen molar-refractivity contribution >= 4 is 60.2 Å². The molecular formula is C18H12Br2N3O4-. The molecule has 9 heteroatoms. The molecule has 0 bridgehead atoms. The summed E-state index contributed by atoms with van der Waals surface area (Å²) in [6.07, 6.45) is 0. The Morgan fingerprint density at radius 1 is 1.15 bits per heavy atom. The van der Waals surface area contributed by atoms with Crippen LogP contribution < -0.4 is 16.0 Å². The molecule has 0 unspecified atom stereocenters. The second-order valence-electron chi connectivity index (χ2n) is 5.80. The van der Waals surface area contributed by atoms with E-state index in [0.29, 0.717) is 14.6 Å². The van der Waals surface area contributed by atoms with Crippen molar-refractivity contribution in [1.29, 1.82) is 0 Å². The lowest BCUT2D eigenvalue weighted by Gasteiger charge is -2.13. The van der Waals surface area contributed by atoms with Crippen molar-refractivity contribution in [3.63, 3.8) is 0 Å². The van der Waals surface area contributed by atoms with Gasteiger partial charge in [-0.3, -0.25) is 9.59 Å². The van der Waals surface area contributed by atoms with Crippen LogP contribution in [0.3, 0.4) is 0 Å². The molecular weight excluding hydrogens is 482 g/mol. The highest BCUT2D eigenvalue weighted by Gasteiger charge is 2.15. The summed E-state index contributed by atoms with van der Waals surface area (Å²) in [7, 11) is 0. The molecule has 2 aromatic carbocycles. The number of carboxylic acids is 1. The van der Waals surface area contributed by atoms with Gasteiger partial charge >= 0.3 is 0 Å². The highest BCUT2D eigenvalue weighted by atomic mass is 79.9. The molecule has 0 aliphatic heterocycles. The van der Waals surface area contributed by atoms with E-state index in [1.54, 1.807) is 12.1 Å². The van der Waals surface area contributed by atoms with Gasteiger partial charge in [0.2, 0.25) is 5.91 Å². The zero-order chi connectivity index (χ0) is 19.7. The third-order valence-electron chi connectivity index (χ3n) is 3.81. The highest BCUT2D eigenvalue weighted by molar-refractivity contribution is 9.11. The number of carbonyl (C=O) groups is 2. The number of nitrogens with one attached hydrogen (secondary N) is 1. The Balaban J connectivity index is 1.97. The van der Waals surface area contributed by atoms with E-state index in [2.05, 4.69) is 42.3 Å². The predicted molar refractivity (Wildman–Crippen MR) is 106 cm³/mol. The predicted octanol–water partition coefficient (Wildman–Crippen LogP) is 2.23. The third-order valence-corrected chi connectivity index (χ3v) is 5.06. The van der Waals surface area contributed by atoms with E-state index in [1.807, 2.05) is 19.1 Å². The number of hydrogen-bond donors (Lipinski definition) is 1. The van der Waals surface area contributed by atoms with E-state index >= 15 is 0 Å². The van der Waals surface area contributed by atoms with Crippen molar-refractivity contribution in [2.75, 3.05) is 5.32 Å². The molecule has 3 aromatic rings. The Bertz CT molecular complexity index is 1120. The first-order valence-electron chi connectivity index (χ1n) is 7.74. The van der Waals surface area contributed by atoms with Gasteiger partial charge in [0.1, 0.15) is 12.2 Å². The topological polar surface area (TPSA) is 104 Å². The van der Waals surface area contributed by atoms with Crippen LogP contribution in [-0.4, -0.2) is 21.7 Å². The first-order chi connectivity index (χ1) is 12.8. The average molecular weight is 494 g/mol. The number of halogens is 2. The minimum Gasteiger partial charge on any atom is -0.543 e. The van der Waals surface area contributed by atoms with Gasteiger partial charge < -0.3 is 15.2 Å². The summed E-state index contributed by atoms with van der Waals surface area (Å²) in [5, 5.41) is 18.2. The van der Waals surface area contributed by atoms with Crippen LogP contribution >= 0.6 is 31.9 Å². The Morgan fingerprint density at radius 2 is 1.74 bits per heavy atom. The maximum atomic E-state index is 12.6. The molecule has 27 heavy (non-hydrogen) atoms. The fourth-order valence-corrected chi connectivity index (χ4v) is 4.24. The number of aromatic carboxylic acids is 1. The molecule has 1 heterocycles. The lowest BCUT2D eigenvalue weighted by Crippen LogP contribution is -2.34. The average Bonchev–Trinajstić information content (AvgIpc) is 2.60. The van der Waals surface area contributed by atoms with Gasteiger partial charge in [-0.15, -0.1) is 0 Å². The molecule has 7 nitrogen and oxygen atoms in total. The van der Waals surface area contributed by atoms with Crippen LogP contribution in [-0.2, 0) is 11.3 Å². The molecule has 1 aromatic heterocycles. The van der Waals surface area contributed by atoms with Gasteiger partial charge in [0.05, 0.1) is 17.0 Å². The second-order valence-corrected chi connectivity index (χ2v) is 7.50. The van der Waals surface area contributed by atoms with Crippen LogP contribution in [0, 0.1) is 6.92 Å². The summed E-state index contributed by atoms with van der Waals surface area (Å²) in [6.45, 7) is 1.46. The molecule has 0 aliphatic rings. The van der Waals surface area contributed by atoms with Crippen molar-refractivity contribution in [2.24, 2.45) is 0 Å². The number of benzene rings is 2. The van der Waals surface area contributed by atoms with E-state index in [0.717, 1.165) is 10.2 Å². The molecule has 0 aliphatic carbocycles. The van der Waals surface area contributed by atoms with Gasteiger partial charge in [0, 0.05) is 14.3 Å². The number of nitrogens with zero attached hydrogens (tertiary/aromatic N) is 2. The van der Waals surface area contributed by atoms with Crippen molar-refractivity contribution < 1.29 is 14.7 Å². The number of amides is 1. The Labute approximate surface area is 170 Å². The van der Waals surface area contributed by atoms with Gasteiger partial charge in [-0.05, 0) is 62.5 Å². The fraction of sp³-hybridized carbons (Fsp3) is 0.111. The van der Waals surface area contributed by atoms with Crippen LogP contribution in [0.15, 0.2) is 50.1 Å². The van der Waals surface area contributed by atoms with Crippen molar-refractivity contribution in [3.8, 4) is 0 Å². The molecule has 3 rings (SSSR count). The van der Waals surface area contributed by atoms with E-state index in [-0.39, 0.29) is 10.8 Å². The van der Waals surface area contributed by atoms with Crippen LogP contribution in [0.1, 0.15) is 16.1 Å². The lowest BCUT2D eigenvalue weighted by molar-refractivity contribution is -0.255. The second kappa shape index (κ2) is 7.61. The summed E-state index contributed by atoms with van der Waals surface area (Å²) in [5.41, 5.74) is 0.529. The normalized spacial score (nSPS) is 10.8. The molecule has 0 fully saturated rings. The van der Waals surface area contributed by atoms with Crippen LogP contribution in [0.4, 0.5) is 5.69 Å². The number of carboxylic acid groups (broad SMARTS) is 1. The first kappa shape index (κ1) is 19.2. The Morgan fingerprint density at radius 3 is 2.33 bits per heavy atom.